The van der Waals surface area contributed by atoms with Crippen molar-refractivity contribution in [3.63, 3.8) is 0 Å². The Kier molecular flexibility index (Phi) is 50.1. The molecule has 118 heavy (non-hydrogen) atoms. The number of nitrogens with zero attached hydrogens (tertiary/aromatic N) is 3. The minimum absolute atomic E-state index is 0.0858. The van der Waals surface area contributed by atoms with Crippen LogP contribution in [0.2, 0.25) is 0 Å². The second kappa shape index (κ2) is 55.7. The van der Waals surface area contributed by atoms with Crippen LogP contribution in [0, 0.1) is 66.2 Å². The summed E-state index contributed by atoms with van der Waals surface area (Å²) >= 11 is 0. The summed E-state index contributed by atoms with van der Waals surface area (Å²) in [6.07, 6.45) is 7.93. The maximum atomic E-state index is 13.5. The van der Waals surface area contributed by atoms with Crippen LogP contribution in [-0.2, 0) is 29.4 Å². The normalized spacial score (nSPS) is 11.9. The van der Waals surface area contributed by atoms with Crippen LogP contribution in [0.1, 0.15) is 281 Å². The summed E-state index contributed by atoms with van der Waals surface area (Å²) in [4.78, 5) is 6.76. The maximum Gasteiger partial charge on any atom is 0.209 e. The summed E-state index contributed by atoms with van der Waals surface area (Å²) < 4.78 is 141. The van der Waals surface area contributed by atoms with E-state index in [9.17, 15) is 47.9 Å². The van der Waals surface area contributed by atoms with Crippen LogP contribution in [0.4, 0.5) is 45.2 Å². The quantitative estimate of drug-likeness (QED) is 0.0588. The van der Waals surface area contributed by atoms with Crippen LogP contribution in [0.15, 0.2) is 182 Å². The minimum atomic E-state index is -3.24. The van der Waals surface area contributed by atoms with Crippen molar-refractivity contribution >= 4 is 15.7 Å². The highest BCUT2D eigenvalue weighted by Crippen LogP contribution is 2.26. The molecule has 0 bridgehead atoms. The van der Waals surface area contributed by atoms with Crippen molar-refractivity contribution in [1.82, 2.24) is 19.4 Å². The Bertz CT molecular complexity index is 4250. The standard InChI is InChI=1S/C16H24FN.C14H22FN.C13H21FN2.C11H16FNO2S.2C10H13F.3C9H11F/c1-13(2)15-10-14(11-16(17)12-15)6-5-9-18-7-3-4-8-18;1-11(2)13-8-12(9-14(15)10-13)6-5-7-16(3)4;1-10(2)11-7-12(14)9-13(8-11)15-5-6-16(3)4;1-8(2)10-4-9(5-11(12)6-10)7-13-16(3,14)15;2*1-7(2)9-4-8(3)5-10(11)6-9;1-7(2)8-3-5-9(10)6-4-8;1-7(2)8-4-3-5-9(10)6-8;1-7(2)8-5-3-4-6-9(8)10/h10-13H,3-9H2,1-2H3;8-11H,5-7H2,1-4H3;7-10,15H,5-6H2,1-4H3;4-6,8,13H,7H2,1-3H3;2*4-7H,1-3H3;3*3-7H,1-2H3. The maximum absolute atomic E-state index is 13.5. The molecule has 2 N–H and O–H groups in total. The van der Waals surface area contributed by atoms with Gasteiger partial charge in [-0.2, -0.15) is 0 Å². The largest absolute Gasteiger partial charge is 0.384 e. The van der Waals surface area contributed by atoms with E-state index in [2.05, 4.69) is 148 Å². The van der Waals surface area contributed by atoms with E-state index in [0.29, 0.717) is 47.0 Å². The number of benzene rings is 9. The summed E-state index contributed by atoms with van der Waals surface area (Å²) in [5, 5.41) is 3.23. The Balaban J connectivity index is 0.000000454. The van der Waals surface area contributed by atoms with E-state index in [4.69, 9.17) is 0 Å². The van der Waals surface area contributed by atoms with Crippen molar-refractivity contribution in [2.24, 2.45) is 0 Å². The molecule has 17 heteroatoms. The second-order valence-electron chi connectivity index (χ2n) is 34.0. The van der Waals surface area contributed by atoms with Gasteiger partial charge in [0.1, 0.15) is 52.4 Å². The fourth-order valence-electron chi connectivity index (χ4n) is 12.1. The molecule has 0 atom stereocenters. The van der Waals surface area contributed by atoms with Crippen molar-refractivity contribution in [3.05, 3.63) is 312 Å². The molecule has 0 amide bonds. The Morgan fingerprint density at radius 1 is 0.356 bits per heavy atom. The number of rotatable bonds is 24. The lowest BCUT2D eigenvalue weighted by Crippen LogP contribution is -2.21. The van der Waals surface area contributed by atoms with Gasteiger partial charge in [0, 0.05) is 25.3 Å². The van der Waals surface area contributed by atoms with Gasteiger partial charge in [0.15, 0.2) is 0 Å². The molecule has 9 aromatic rings. The molecule has 0 radical (unpaired) electrons. The monoisotopic (exact) mass is 1660 g/mol. The number of nitrogens with one attached hydrogen (secondary N) is 2. The van der Waals surface area contributed by atoms with Gasteiger partial charge in [0.25, 0.3) is 0 Å². The number of likely N-dealkylation sites (tertiary alicyclic amines) is 1. The molecule has 1 aliphatic rings. The molecule has 0 aliphatic carbocycles. The molecule has 10 rings (SSSR count). The van der Waals surface area contributed by atoms with Crippen LogP contribution in [0.25, 0.3) is 0 Å². The predicted octanol–water partition coefficient (Wildman–Crippen LogP) is 27.7. The van der Waals surface area contributed by atoms with Gasteiger partial charge in [-0.05, 0) is 347 Å². The smallest absolute Gasteiger partial charge is 0.209 e. The highest BCUT2D eigenvalue weighted by atomic mass is 32.2. The average molecular weight is 1660 g/mol. The van der Waals surface area contributed by atoms with Crippen molar-refractivity contribution in [2.45, 2.75) is 237 Å². The zero-order valence-electron chi connectivity index (χ0n) is 75.7. The number of hydrogen-bond acceptors (Lipinski definition) is 6. The molecule has 652 valence electrons. The molecular formula is C101H142F9N5O2S. The first-order chi connectivity index (χ1) is 55.2. The minimum Gasteiger partial charge on any atom is -0.384 e. The third-order valence-electron chi connectivity index (χ3n) is 19.2. The lowest BCUT2D eigenvalue weighted by Gasteiger charge is -2.14. The Hall–Kier alpha value is -8.06. The lowest BCUT2D eigenvalue weighted by atomic mass is 9.98. The molecular weight excluding hydrogens is 1520 g/mol. The number of anilines is 1. The van der Waals surface area contributed by atoms with Crippen molar-refractivity contribution in [1.29, 1.82) is 0 Å². The van der Waals surface area contributed by atoms with E-state index in [1.165, 1.54) is 67.9 Å². The van der Waals surface area contributed by atoms with Crippen LogP contribution in [0.5, 0.6) is 0 Å². The number of hydrogen-bond donors (Lipinski definition) is 2. The molecule has 7 nitrogen and oxygen atoms in total. The Morgan fingerprint density at radius 2 is 0.729 bits per heavy atom. The number of halogens is 9. The van der Waals surface area contributed by atoms with Crippen LogP contribution < -0.4 is 10.0 Å². The van der Waals surface area contributed by atoms with Gasteiger partial charge < -0.3 is 20.0 Å². The Labute approximate surface area is 707 Å². The van der Waals surface area contributed by atoms with E-state index in [1.54, 1.807) is 78.9 Å². The third kappa shape index (κ3) is 47.1. The Morgan fingerprint density at radius 3 is 1.10 bits per heavy atom. The van der Waals surface area contributed by atoms with E-state index in [1.807, 2.05) is 110 Å². The third-order valence-corrected chi connectivity index (χ3v) is 19.9. The fourth-order valence-corrected chi connectivity index (χ4v) is 12.5. The van der Waals surface area contributed by atoms with E-state index in [0.717, 1.165) is 131 Å². The summed E-state index contributed by atoms with van der Waals surface area (Å²) in [6.45, 7) is 47.4. The highest BCUT2D eigenvalue weighted by molar-refractivity contribution is 7.88. The molecule has 9 aromatic carbocycles. The lowest BCUT2D eigenvalue weighted by molar-refractivity contribution is 0.334. The predicted molar refractivity (Wildman–Crippen MR) is 483 cm³/mol. The summed E-state index contributed by atoms with van der Waals surface area (Å²) in [5.74, 6) is 1.99. The summed E-state index contributed by atoms with van der Waals surface area (Å²) in [6, 6.07) is 51.3. The SMILES string of the molecule is CC(C)c1cc(F)cc(CCCN(C)C)c1.CC(C)c1cc(F)cc(CCCN2CCCC2)c1.CC(C)c1cc(F)cc(CNS(C)(=O)=O)c1.CC(C)c1cc(F)cc(NCCN(C)C)c1.CC(C)c1ccc(F)cc1.CC(C)c1cccc(F)c1.CC(C)c1ccccc1F.Cc1cc(F)cc(C(C)C)c1.Cc1cc(F)cc(C(C)C)c1. The zero-order chi connectivity index (χ0) is 89.1. The van der Waals surface area contributed by atoms with E-state index >= 15 is 0 Å². The molecule has 0 aromatic heterocycles. The van der Waals surface area contributed by atoms with Crippen molar-refractivity contribution in [3.8, 4) is 0 Å². The second-order valence-corrected chi connectivity index (χ2v) is 35.8. The average Bonchev–Trinajstić information content (AvgIpc) is 1.09. The summed E-state index contributed by atoms with van der Waals surface area (Å²) in [5.41, 5.74) is 15.0. The first-order valence-corrected chi connectivity index (χ1v) is 43.8. The van der Waals surface area contributed by atoms with Gasteiger partial charge in [-0.25, -0.2) is 52.7 Å². The van der Waals surface area contributed by atoms with Gasteiger partial charge in [0.05, 0.1) is 6.26 Å². The topological polar surface area (TPSA) is 67.9 Å². The molecule has 1 saturated heterocycles. The fraction of sp³-hybridized carbons (Fsp3) is 0.465. The molecule has 1 fully saturated rings. The van der Waals surface area contributed by atoms with Gasteiger partial charge in [-0.15, -0.1) is 0 Å². The van der Waals surface area contributed by atoms with Crippen LogP contribution in [-0.4, -0.2) is 96.8 Å². The molecule has 0 saturated carbocycles. The zero-order valence-corrected chi connectivity index (χ0v) is 76.5. The summed E-state index contributed by atoms with van der Waals surface area (Å²) in [7, 11) is 4.92. The van der Waals surface area contributed by atoms with Gasteiger partial charge in [-0.1, -0.05) is 197 Å². The van der Waals surface area contributed by atoms with Gasteiger partial charge in [0.2, 0.25) is 10.0 Å². The van der Waals surface area contributed by atoms with E-state index in [-0.39, 0.29) is 70.7 Å². The highest BCUT2D eigenvalue weighted by Gasteiger charge is 2.14. The van der Waals surface area contributed by atoms with Gasteiger partial charge in [-0.3, -0.25) is 0 Å². The van der Waals surface area contributed by atoms with Crippen molar-refractivity contribution in [2.75, 3.05) is 79.0 Å². The van der Waals surface area contributed by atoms with Crippen LogP contribution in [0.3, 0.4) is 0 Å². The molecule has 0 unspecified atom stereocenters. The molecule has 0 spiro atoms. The van der Waals surface area contributed by atoms with E-state index < -0.39 is 10.0 Å². The number of aryl methyl sites for hydroxylation is 4. The van der Waals surface area contributed by atoms with Gasteiger partial charge >= 0.3 is 0 Å². The first kappa shape index (κ1) is 106. The van der Waals surface area contributed by atoms with Crippen LogP contribution >= 0.6 is 0 Å². The number of likely N-dealkylation sites (N-methyl/N-ethyl adjacent to an activating group) is 1. The molecule has 1 aliphatic heterocycles. The number of sulfonamides is 1. The first-order valence-electron chi connectivity index (χ1n) is 41.9. The van der Waals surface area contributed by atoms with Crippen molar-refractivity contribution < 1.29 is 47.9 Å². The molecule has 1 heterocycles.